The molecular formula is C12H15FN2O5. The molecule has 3 N–H and O–H groups in total. The molecule has 1 aromatic rings. The molecule has 0 aromatic heterocycles. The zero-order valence-corrected chi connectivity index (χ0v) is 11.0. The summed E-state index contributed by atoms with van der Waals surface area (Å²) in [7, 11) is 0. The van der Waals surface area contributed by atoms with Crippen molar-refractivity contribution < 1.29 is 24.3 Å². The molecule has 7 nitrogen and oxygen atoms in total. The third-order valence-corrected chi connectivity index (χ3v) is 2.85. The van der Waals surface area contributed by atoms with Crippen molar-refractivity contribution in [1.29, 1.82) is 0 Å². The maximum Gasteiger partial charge on any atom is 0.338 e. The van der Waals surface area contributed by atoms with Gasteiger partial charge in [-0.2, -0.15) is 0 Å². The van der Waals surface area contributed by atoms with Crippen molar-refractivity contribution in [2.24, 2.45) is 5.92 Å². The van der Waals surface area contributed by atoms with Gasteiger partial charge >= 0.3 is 5.97 Å². The normalized spacial score (nSPS) is 12.2. The number of carbonyl (C=O) groups is 1. The molecule has 0 saturated heterocycles. The van der Waals surface area contributed by atoms with Gasteiger partial charge in [0.15, 0.2) is 0 Å². The molecule has 0 heterocycles. The SMILES string of the molecule is CC(C)C(CO)Nc1cc(C(=O)O)c(F)cc1[N+](=O)[O-]. The predicted octanol–water partition coefficient (Wildman–Crippen LogP) is 1.86. The maximum absolute atomic E-state index is 13.5. The molecule has 0 spiro atoms. The number of aliphatic hydroxyl groups excluding tert-OH is 1. The van der Waals surface area contributed by atoms with E-state index in [9.17, 15) is 24.4 Å². The molecule has 8 heteroatoms. The first-order valence-corrected chi connectivity index (χ1v) is 5.86. The number of aliphatic hydroxyl groups is 1. The Labute approximate surface area is 114 Å². The number of hydrogen-bond acceptors (Lipinski definition) is 5. The molecular weight excluding hydrogens is 271 g/mol. The highest BCUT2D eigenvalue weighted by Crippen LogP contribution is 2.29. The van der Waals surface area contributed by atoms with Crippen LogP contribution in [0.3, 0.4) is 0 Å². The van der Waals surface area contributed by atoms with E-state index in [2.05, 4.69) is 5.32 Å². The number of nitro benzene ring substituents is 1. The lowest BCUT2D eigenvalue weighted by Crippen LogP contribution is -2.30. The number of carboxylic acid groups (broad SMARTS) is 1. The molecule has 0 bridgehead atoms. The number of aromatic carboxylic acids is 1. The minimum atomic E-state index is -1.52. The van der Waals surface area contributed by atoms with E-state index in [0.29, 0.717) is 6.07 Å². The van der Waals surface area contributed by atoms with Crippen LogP contribution >= 0.6 is 0 Å². The third-order valence-electron chi connectivity index (χ3n) is 2.85. The van der Waals surface area contributed by atoms with E-state index in [1.807, 2.05) is 0 Å². The lowest BCUT2D eigenvalue weighted by Gasteiger charge is -2.21. The first kappa shape index (κ1) is 15.8. The molecule has 0 aliphatic heterocycles. The fourth-order valence-electron chi connectivity index (χ4n) is 1.62. The second-order valence-corrected chi connectivity index (χ2v) is 4.59. The largest absolute Gasteiger partial charge is 0.478 e. The van der Waals surface area contributed by atoms with E-state index >= 15 is 0 Å². The number of benzene rings is 1. The van der Waals surface area contributed by atoms with Crippen LogP contribution < -0.4 is 5.32 Å². The number of nitrogens with zero attached hydrogens (tertiary/aromatic N) is 1. The molecule has 1 aromatic carbocycles. The Morgan fingerprint density at radius 1 is 1.50 bits per heavy atom. The Balaban J connectivity index is 3.30. The summed E-state index contributed by atoms with van der Waals surface area (Å²) in [6.07, 6.45) is 0. The van der Waals surface area contributed by atoms with Crippen LogP contribution in [0, 0.1) is 21.8 Å². The highest BCUT2D eigenvalue weighted by atomic mass is 19.1. The second-order valence-electron chi connectivity index (χ2n) is 4.59. The van der Waals surface area contributed by atoms with E-state index in [-0.39, 0.29) is 18.2 Å². The van der Waals surface area contributed by atoms with Crippen molar-refractivity contribution >= 4 is 17.3 Å². The summed E-state index contributed by atoms with van der Waals surface area (Å²) in [6, 6.07) is 0.905. The third kappa shape index (κ3) is 3.41. The standard InChI is InChI=1S/C12H15FN2O5/c1-6(2)10(5-16)14-9-3-7(12(17)18)8(13)4-11(9)15(19)20/h3-4,6,10,14,16H,5H2,1-2H3,(H,17,18). The summed E-state index contributed by atoms with van der Waals surface area (Å²) in [5.74, 6) is -2.76. The number of rotatable bonds is 6. The van der Waals surface area contributed by atoms with Crippen LogP contribution in [-0.4, -0.2) is 33.8 Å². The van der Waals surface area contributed by atoms with E-state index in [1.54, 1.807) is 13.8 Å². The smallest absolute Gasteiger partial charge is 0.338 e. The fourth-order valence-corrected chi connectivity index (χ4v) is 1.62. The molecule has 1 unspecified atom stereocenters. The topological polar surface area (TPSA) is 113 Å². The number of halogens is 1. The van der Waals surface area contributed by atoms with Crippen LogP contribution in [0.1, 0.15) is 24.2 Å². The van der Waals surface area contributed by atoms with Gasteiger partial charge in [0, 0.05) is 0 Å². The van der Waals surface area contributed by atoms with E-state index < -0.39 is 34.0 Å². The molecule has 0 radical (unpaired) electrons. The predicted molar refractivity (Wildman–Crippen MR) is 69.3 cm³/mol. The number of nitro groups is 1. The van der Waals surface area contributed by atoms with Gasteiger partial charge in [-0.05, 0) is 12.0 Å². The van der Waals surface area contributed by atoms with Gasteiger partial charge < -0.3 is 15.5 Å². The second kappa shape index (κ2) is 6.29. The lowest BCUT2D eigenvalue weighted by atomic mass is 10.0. The van der Waals surface area contributed by atoms with E-state index in [4.69, 9.17) is 5.11 Å². The molecule has 1 rings (SSSR count). The average molecular weight is 286 g/mol. The monoisotopic (exact) mass is 286 g/mol. The number of nitrogens with one attached hydrogen (secondary N) is 1. The Bertz CT molecular complexity index is 533. The minimum Gasteiger partial charge on any atom is -0.478 e. The summed E-state index contributed by atoms with van der Waals surface area (Å²) >= 11 is 0. The Morgan fingerprint density at radius 3 is 2.50 bits per heavy atom. The van der Waals surface area contributed by atoms with Crippen LogP contribution in [0.2, 0.25) is 0 Å². The number of carboxylic acids is 1. The van der Waals surface area contributed by atoms with Gasteiger partial charge in [0.05, 0.1) is 29.2 Å². The van der Waals surface area contributed by atoms with Crippen molar-refractivity contribution in [1.82, 2.24) is 0 Å². The lowest BCUT2D eigenvalue weighted by molar-refractivity contribution is -0.384. The van der Waals surface area contributed by atoms with Gasteiger partial charge in [0.25, 0.3) is 5.69 Å². The first-order valence-electron chi connectivity index (χ1n) is 5.86. The summed E-state index contributed by atoms with van der Waals surface area (Å²) in [5.41, 5.74) is -1.38. The maximum atomic E-state index is 13.5. The highest BCUT2D eigenvalue weighted by Gasteiger charge is 2.24. The van der Waals surface area contributed by atoms with Gasteiger partial charge in [-0.3, -0.25) is 10.1 Å². The number of anilines is 1. The zero-order chi connectivity index (χ0) is 15.4. The molecule has 0 aliphatic carbocycles. The van der Waals surface area contributed by atoms with Crippen molar-refractivity contribution in [3.05, 3.63) is 33.6 Å². The van der Waals surface area contributed by atoms with Crippen molar-refractivity contribution in [2.75, 3.05) is 11.9 Å². The van der Waals surface area contributed by atoms with Crippen LogP contribution in [0.5, 0.6) is 0 Å². The minimum absolute atomic E-state index is 0.0575. The summed E-state index contributed by atoms with van der Waals surface area (Å²) < 4.78 is 13.5. The fraction of sp³-hybridized carbons (Fsp3) is 0.417. The van der Waals surface area contributed by atoms with Crippen LogP contribution in [0.25, 0.3) is 0 Å². The molecule has 110 valence electrons. The Kier molecular flexibility index (Phi) is 4.98. The summed E-state index contributed by atoms with van der Waals surface area (Å²) in [6.45, 7) is 3.26. The first-order chi connectivity index (χ1) is 9.27. The molecule has 0 fully saturated rings. The van der Waals surface area contributed by atoms with Gasteiger partial charge in [-0.1, -0.05) is 13.8 Å². The zero-order valence-electron chi connectivity index (χ0n) is 11.0. The van der Waals surface area contributed by atoms with Crippen LogP contribution in [-0.2, 0) is 0 Å². The Morgan fingerprint density at radius 2 is 2.10 bits per heavy atom. The van der Waals surface area contributed by atoms with E-state index in [0.717, 1.165) is 6.07 Å². The van der Waals surface area contributed by atoms with Gasteiger partial charge in [-0.25, -0.2) is 9.18 Å². The molecule has 1 atom stereocenters. The Hall–Kier alpha value is -2.22. The van der Waals surface area contributed by atoms with Gasteiger partial charge in [0.1, 0.15) is 11.5 Å². The quantitative estimate of drug-likeness (QED) is 0.543. The summed E-state index contributed by atoms with van der Waals surface area (Å²) in [5, 5.41) is 31.6. The number of hydrogen-bond donors (Lipinski definition) is 3. The highest BCUT2D eigenvalue weighted by molar-refractivity contribution is 5.90. The van der Waals surface area contributed by atoms with Crippen LogP contribution in [0.15, 0.2) is 12.1 Å². The van der Waals surface area contributed by atoms with Crippen molar-refractivity contribution in [3.8, 4) is 0 Å². The molecule has 0 aliphatic rings. The van der Waals surface area contributed by atoms with Crippen molar-refractivity contribution in [2.45, 2.75) is 19.9 Å². The summed E-state index contributed by atoms with van der Waals surface area (Å²) in [4.78, 5) is 20.9. The average Bonchev–Trinajstić information content (AvgIpc) is 2.35. The molecule has 0 amide bonds. The van der Waals surface area contributed by atoms with Gasteiger partial charge in [0.2, 0.25) is 0 Å². The van der Waals surface area contributed by atoms with E-state index in [1.165, 1.54) is 0 Å². The molecule has 0 saturated carbocycles. The molecule has 20 heavy (non-hydrogen) atoms. The van der Waals surface area contributed by atoms with Crippen LogP contribution in [0.4, 0.5) is 15.8 Å². The van der Waals surface area contributed by atoms with Gasteiger partial charge in [-0.15, -0.1) is 0 Å². The van der Waals surface area contributed by atoms with Crippen molar-refractivity contribution in [3.63, 3.8) is 0 Å².